The Kier molecular flexibility index (Phi) is 5.08. The predicted molar refractivity (Wildman–Crippen MR) is 109 cm³/mol. The van der Waals surface area contributed by atoms with Gasteiger partial charge in [-0.3, -0.25) is 9.59 Å². The van der Waals surface area contributed by atoms with Gasteiger partial charge < -0.3 is 14.9 Å². The number of benzene rings is 2. The van der Waals surface area contributed by atoms with E-state index in [-0.39, 0.29) is 11.8 Å². The number of carbonyl (C=O) groups excluding carboxylic acids is 2. The maximum Gasteiger partial charge on any atom is 0.254 e. The molecule has 0 bridgehead atoms. The first-order valence-electron chi connectivity index (χ1n) is 9.24. The summed E-state index contributed by atoms with van der Waals surface area (Å²) in [5.41, 5.74) is 1.33. The molecule has 2 fully saturated rings. The first-order chi connectivity index (χ1) is 13.4. The maximum absolute atomic E-state index is 12.8. The van der Waals surface area contributed by atoms with Gasteiger partial charge >= 0.3 is 0 Å². The molecule has 0 spiro atoms. The average Bonchev–Trinajstić information content (AvgIpc) is 3.48. The van der Waals surface area contributed by atoms with Gasteiger partial charge in [0.2, 0.25) is 0 Å². The number of halogens is 2. The molecule has 1 saturated heterocycles. The Morgan fingerprint density at radius 3 is 1.96 bits per heavy atom. The van der Waals surface area contributed by atoms with E-state index in [1.165, 1.54) is 0 Å². The lowest BCUT2D eigenvalue weighted by Gasteiger charge is -2.35. The largest absolute Gasteiger partial charge is 0.380 e. The van der Waals surface area contributed by atoms with E-state index < -0.39 is 5.60 Å². The monoisotopic (exact) mass is 418 g/mol. The van der Waals surface area contributed by atoms with Gasteiger partial charge in [0.1, 0.15) is 5.60 Å². The van der Waals surface area contributed by atoms with Gasteiger partial charge in [-0.25, -0.2) is 0 Å². The van der Waals surface area contributed by atoms with Gasteiger partial charge in [0, 0.05) is 31.7 Å². The summed E-state index contributed by atoms with van der Waals surface area (Å²) in [6.45, 7) is 1.84. The van der Waals surface area contributed by atoms with Crippen molar-refractivity contribution >= 4 is 35.0 Å². The van der Waals surface area contributed by atoms with E-state index >= 15 is 0 Å². The third-order valence-corrected chi connectivity index (χ3v) is 6.10. The molecule has 2 aromatic carbocycles. The molecule has 0 radical (unpaired) electrons. The Hall–Kier alpha value is -2.08. The van der Waals surface area contributed by atoms with Crippen molar-refractivity contribution in [1.82, 2.24) is 9.80 Å². The summed E-state index contributed by atoms with van der Waals surface area (Å²) in [6, 6.07) is 12.8. The number of amides is 2. The standard InChI is InChI=1S/C21H20Cl2N2O3/c22-17-6-5-16(13-18(17)23)14-1-3-15(4-2-14)19(26)24-9-11-25(12-10-24)20(27)21(28)7-8-21/h1-6,13,28H,7-12H2. The van der Waals surface area contributed by atoms with Crippen LogP contribution in [0.2, 0.25) is 10.0 Å². The highest BCUT2D eigenvalue weighted by atomic mass is 35.5. The summed E-state index contributed by atoms with van der Waals surface area (Å²) in [5.74, 6) is -0.261. The topological polar surface area (TPSA) is 60.9 Å². The highest BCUT2D eigenvalue weighted by Crippen LogP contribution is 2.37. The highest BCUT2D eigenvalue weighted by Gasteiger charge is 2.50. The van der Waals surface area contributed by atoms with Crippen LogP contribution in [0.1, 0.15) is 23.2 Å². The van der Waals surface area contributed by atoms with Crippen molar-refractivity contribution in [3.05, 3.63) is 58.1 Å². The molecule has 7 heteroatoms. The van der Waals surface area contributed by atoms with E-state index in [1.54, 1.807) is 34.1 Å². The van der Waals surface area contributed by atoms with E-state index in [1.807, 2.05) is 18.2 Å². The third kappa shape index (κ3) is 3.75. The van der Waals surface area contributed by atoms with Crippen molar-refractivity contribution < 1.29 is 14.7 Å². The Labute approximate surface area is 173 Å². The zero-order chi connectivity index (χ0) is 19.9. The number of piperazine rings is 1. The van der Waals surface area contributed by atoms with Crippen LogP contribution in [0.25, 0.3) is 11.1 Å². The van der Waals surface area contributed by atoms with Crippen LogP contribution in [0.3, 0.4) is 0 Å². The minimum absolute atomic E-state index is 0.0575. The summed E-state index contributed by atoms with van der Waals surface area (Å²) in [5, 5.41) is 11.0. The molecule has 2 amide bonds. The predicted octanol–water partition coefficient (Wildman–Crippen LogP) is 3.47. The fourth-order valence-electron chi connectivity index (χ4n) is 3.40. The van der Waals surface area contributed by atoms with Crippen LogP contribution < -0.4 is 0 Å². The van der Waals surface area contributed by atoms with Gasteiger partial charge in [-0.1, -0.05) is 41.4 Å². The lowest BCUT2D eigenvalue weighted by molar-refractivity contribution is -0.143. The molecule has 1 saturated carbocycles. The minimum atomic E-state index is -1.15. The SMILES string of the molecule is O=C(c1ccc(-c2ccc(Cl)c(Cl)c2)cc1)N1CCN(C(=O)C2(O)CC2)CC1. The first kappa shape index (κ1) is 19.2. The molecule has 1 heterocycles. The van der Waals surface area contributed by atoms with Crippen molar-refractivity contribution in [2.75, 3.05) is 26.2 Å². The van der Waals surface area contributed by atoms with Gasteiger partial charge in [0.15, 0.2) is 0 Å². The van der Waals surface area contributed by atoms with E-state index in [4.69, 9.17) is 23.2 Å². The number of rotatable bonds is 3. The second-order valence-corrected chi connectivity index (χ2v) is 8.14. The summed E-state index contributed by atoms with van der Waals surface area (Å²) < 4.78 is 0. The molecule has 5 nitrogen and oxygen atoms in total. The number of carbonyl (C=O) groups is 2. The van der Waals surface area contributed by atoms with Crippen molar-refractivity contribution in [1.29, 1.82) is 0 Å². The quantitative estimate of drug-likeness (QED) is 0.829. The van der Waals surface area contributed by atoms with Crippen molar-refractivity contribution in [3.8, 4) is 11.1 Å². The number of aliphatic hydroxyl groups is 1. The lowest BCUT2D eigenvalue weighted by atomic mass is 10.0. The zero-order valence-corrected chi connectivity index (χ0v) is 16.7. The molecule has 1 N–H and O–H groups in total. The molecule has 1 aliphatic heterocycles. The molecule has 0 aromatic heterocycles. The Morgan fingerprint density at radius 1 is 0.821 bits per heavy atom. The second-order valence-electron chi connectivity index (χ2n) is 7.32. The van der Waals surface area contributed by atoms with Crippen LogP contribution in [-0.2, 0) is 4.79 Å². The summed E-state index contributed by atoms with van der Waals surface area (Å²) in [7, 11) is 0. The smallest absolute Gasteiger partial charge is 0.254 e. The van der Waals surface area contributed by atoms with Crippen LogP contribution >= 0.6 is 23.2 Å². The molecular formula is C21H20Cl2N2O3. The first-order valence-corrected chi connectivity index (χ1v) is 9.99. The van der Waals surface area contributed by atoms with Crippen LogP contribution in [-0.4, -0.2) is 58.5 Å². The molecule has 2 aromatic rings. The number of nitrogens with zero attached hydrogens (tertiary/aromatic N) is 2. The fraction of sp³-hybridized carbons (Fsp3) is 0.333. The Morgan fingerprint density at radius 2 is 1.39 bits per heavy atom. The van der Waals surface area contributed by atoms with Crippen molar-refractivity contribution in [2.24, 2.45) is 0 Å². The minimum Gasteiger partial charge on any atom is -0.380 e. The molecular weight excluding hydrogens is 399 g/mol. The van der Waals surface area contributed by atoms with Crippen LogP contribution in [0.15, 0.2) is 42.5 Å². The molecule has 4 rings (SSSR count). The molecule has 146 valence electrons. The van der Waals surface area contributed by atoms with Gasteiger partial charge in [-0.2, -0.15) is 0 Å². The molecule has 0 atom stereocenters. The van der Waals surface area contributed by atoms with Gasteiger partial charge in [0.25, 0.3) is 11.8 Å². The fourth-order valence-corrected chi connectivity index (χ4v) is 3.70. The van der Waals surface area contributed by atoms with Crippen molar-refractivity contribution in [3.63, 3.8) is 0 Å². The maximum atomic E-state index is 12.8. The van der Waals surface area contributed by atoms with Crippen LogP contribution in [0, 0.1) is 0 Å². The summed E-state index contributed by atoms with van der Waals surface area (Å²) in [6.07, 6.45) is 1.08. The van der Waals surface area contributed by atoms with Crippen molar-refractivity contribution in [2.45, 2.75) is 18.4 Å². The van der Waals surface area contributed by atoms with Crippen LogP contribution in [0.5, 0.6) is 0 Å². The van der Waals surface area contributed by atoms with Gasteiger partial charge in [-0.05, 0) is 48.2 Å². The Bertz CT molecular complexity index is 918. The molecule has 0 unspecified atom stereocenters. The summed E-state index contributed by atoms with van der Waals surface area (Å²) >= 11 is 12.0. The average molecular weight is 419 g/mol. The van der Waals surface area contributed by atoms with E-state index in [2.05, 4.69) is 0 Å². The van der Waals surface area contributed by atoms with E-state index in [0.29, 0.717) is 54.6 Å². The normalized spacial score (nSPS) is 18.1. The van der Waals surface area contributed by atoms with Gasteiger partial charge in [-0.15, -0.1) is 0 Å². The molecule has 28 heavy (non-hydrogen) atoms. The molecule has 2 aliphatic rings. The Balaban J connectivity index is 1.40. The third-order valence-electron chi connectivity index (χ3n) is 5.36. The van der Waals surface area contributed by atoms with E-state index in [9.17, 15) is 14.7 Å². The highest BCUT2D eigenvalue weighted by molar-refractivity contribution is 6.42. The second kappa shape index (κ2) is 7.39. The van der Waals surface area contributed by atoms with E-state index in [0.717, 1.165) is 11.1 Å². The summed E-state index contributed by atoms with van der Waals surface area (Å²) in [4.78, 5) is 28.4. The lowest BCUT2D eigenvalue weighted by Crippen LogP contribution is -2.53. The van der Waals surface area contributed by atoms with Crippen LogP contribution in [0.4, 0.5) is 0 Å². The zero-order valence-electron chi connectivity index (χ0n) is 15.2. The molecule has 1 aliphatic carbocycles. The number of hydrogen-bond acceptors (Lipinski definition) is 3. The number of hydrogen-bond donors (Lipinski definition) is 1. The van der Waals surface area contributed by atoms with Gasteiger partial charge in [0.05, 0.1) is 10.0 Å².